The Kier molecular flexibility index (Phi) is 6.24. The molecule has 0 atom stereocenters. The fraction of sp³-hybridized carbons (Fsp3) is 0.500. The Balaban J connectivity index is 2.29. The van der Waals surface area contributed by atoms with Crippen LogP contribution in [0, 0.1) is 0 Å². The van der Waals surface area contributed by atoms with Gasteiger partial charge < -0.3 is 0 Å². The molecule has 0 aliphatic rings. The van der Waals surface area contributed by atoms with E-state index < -0.39 is 0 Å². The predicted octanol–water partition coefficient (Wildman–Crippen LogP) is 6.59. The highest BCUT2D eigenvalue weighted by molar-refractivity contribution is 6.05. The van der Waals surface area contributed by atoms with Gasteiger partial charge >= 0.3 is 0 Å². The average molecular weight is 349 g/mol. The molecule has 0 aliphatic carbocycles. The fourth-order valence-electron chi connectivity index (χ4n) is 4.17. The van der Waals surface area contributed by atoms with Crippen molar-refractivity contribution in [3.8, 4) is 0 Å². The van der Waals surface area contributed by atoms with Gasteiger partial charge in [-0.1, -0.05) is 65.5 Å². The van der Waals surface area contributed by atoms with Crippen molar-refractivity contribution < 1.29 is 0 Å². The van der Waals surface area contributed by atoms with Crippen LogP contribution in [0.25, 0.3) is 21.8 Å². The first kappa shape index (κ1) is 18.8. The lowest BCUT2D eigenvalue weighted by atomic mass is 9.93. The van der Waals surface area contributed by atoms with Gasteiger partial charge in [0, 0.05) is 23.2 Å². The van der Waals surface area contributed by atoms with E-state index in [9.17, 15) is 0 Å². The van der Waals surface area contributed by atoms with Crippen LogP contribution >= 0.6 is 0 Å². The van der Waals surface area contributed by atoms with E-state index in [1.54, 1.807) is 0 Å². The zero-order chi connectivity index (χ0) is 18.5. The SMILES string of the molecule is CCCc1cnc2c(ccc3c(CCC)c(CCC)cnc32)c1CCC. The van der Waals surface area contributed by atoms with Gasteiger partial charge in [-0.2, -0.15) is 0 Å². The number of hydrogen-bond acceptors (Lipinski definition) is 2. The number of nitrogens with zero attached hydrogens (tertiary/aromatic N) is 2. The Morgan fingerprint density at radius 2 is 0.962 bits per heavy atom. The molecule has 26 heavy (non-hydrogen) atoms. The summed E-state index contributed by atoms with van der Waals surface area (Å²) in [6.07, 6.45) is 13.3. The summed E-state index contributed by atoms with van der Waals surface area (Å²) in [6.45, 7) is 9.01. The molecular weight excluding hydrogens is 316 g/mol. The van der Waals surface area contributed by atoms with Gasteiger partial charge in [0.15, 0.2) is 0 Å². The van der Waals surface area contributed by atoms with Crippen molar-refractivity contribution in [2.24, 2.45) is 0 Å². The molecule has 2 heterocycles. The molecule has 3 aromatic rings. The second kappa shape index (κ2) is 8.62. The molecule has 0 saturated carbocycles. The summed E-state index contributed by atoms with van der Waals surface area (Å²) >= 11 is 0. The molecule has 0 saturated heterocycles. The normalized spacial score (nSPS) is 11.5. The first-order valence-corrected chi connectivity index (χ1v) is 10.4. The molecule has 0 bridgehead atoms. The number of aromatic nitrogens is 2. The Hall–Kier alpha value is -1.96. The van der Waals surface area contributed by atoms with Gasteiger partial charge in [0.25, 0.3) is 0 Å². The fourth-order valence-corrected chi connectivity index (χ4v) is 4.17. The third-order valence-corrected chi connectivity index (χ3v) is 5.31. The lowest BCUT2D eigenvalue weighted by Crippen LogP contribution is -2.01. The van der Waals surface area contributed by atoms with Crippen LogP contribution in [0.2, 0.25) is 0 Å². The number of pyridine rings is 2. The van der Waals surface area contributed by atoms with Crippen molar-refractivity contribution in [3.05, 3.63) is 46.8 Å². The van der Waals surface area contributed by atoms with E-state index in [0.717, 1.165) is 62.4 Å². The van der Waals surface area contributed by atoms with Crippen LogP contribution in [0.15, 0.2) is 24.5 Å². The maximum absolute atomic E-state index is 4.89. The molecule has 1 aromatic carbocycles. The van der Waals surface area contributed by atoms with Gasteiger partial charge in [0.2, 0.25) is 0 Å². The molecule has 0 unspecified atom stereocenters. The van der Waals surface area contributed by atoms with E-state index in [4.69, 9.17) is 9.97 Å². The average Bonchev–Trinajstić information content (AvgIpc) is 2.65. The van der Waals surface area contributed by atoms with E-state index in [1.807, 2.05) is 0 Å². The third-order valence-electron chi connectivity index (χ3n) is 5.31. The largest absolute Gasteiger partial charge is 0.254 e. The summed E-state index contributed by atoms with van der Waals surface area (Å²) in [5, 5.41) is 2.62. The molecule has 2 heteroatoms. The lowest BCUT2D eigenvalue weighted by molar-refractivity contribution is 0.860. The molecule has 0 aliphatic heterocycles. The molecule has 2 nitrogen and oxygen atoms in total. The maximum Gasteiger partial charge on any atom is 0.0967 e. The van der Waals surface area contributed by atoms with Gasteiger partial charge in [-0.3, -0.25) is 9.97 Å². The molecule has 0 amide bonds. The summed E-state index contributed by atoms with van der Waals surface area (Å²) in [4.78, 5) is 9.77. The second-order valence-corrected chi connectivity index (χ2v) is 7.38. The Morgan fingerprint density at radius 3 is 1.31 bits per heavy atom. The molecule has 0 radical (unpaired) electrons. The zero-order valence-corrected chi connectivity index (χ0v) is 16.9. The summed E-state index contributed by atoms with van der Waals surface area (Å²) in [7, 11) is 0. The van der Waals surface area contributed by atoms with Crippen LogP contribution in [0.3, 0.4) is 0 Å². The van der Waals surface area contributed by atoms with Crippen LogP contribution in [0.4, 0.5) is 0 Å². The van der Waals surface area contributed by atoms with Gasteiger partial charge in [0.05, 0.1) is 11.0 Å². The maximum atomic E-state index is 4.89. The topological polar surface area (TPSA) is 25.8 Å². The van der Waals surface area contributed by atoms with Crippen LogP contribution < -0.4 is 0 Å². The lowest BCUT2D eigenvalue weighted by Gasteiger charge is -2.16. The van der Waals surface area contributed by atoms with Gasteiger partial charge in [0.1, 0.15) is 0 Å². The summed E-state index contributed by atoms with van der Waals surface area (Å²) in [5.41, 5.74) is 7.98. The summed E-state index contributed by atoms with van der Waals surface area (Å²) in [5.74, 6) is 0. The minimum absolute atomic E-state index is 1.09. The van der Waals surface area contributed by atoms with Crippen LogP contribution in [-0.4, -0.2) is 9.97 Å². The number of aryl methyl sites for hydroxylation is 4. The standard InChI is InChI=1S/C24H32N2/c1-5-9-17-15-25-23-21(19(17)11-7-3)13-14-22-20(12-8-4)18(10-6-2)16-26-24(22)23/h13-16H,5-12H2,1-4H3. The number of rotatable bonds is 8. The van der Waals surface area contributed by atoms with E-state index in [1.165, 1.54) is 33.0 Å². The van der Waals surface area contributed by atoms with Crippen molar-refractivity contribution in [1.29, 1.82) is 0 Å². The van der Waals surface area contributed by atoms with Crippen LogP contribution in [0.5, 0.6) is 0 Å². The predicted molar refractivity (Wildman–Crippen MR) is 113 cm³/mol. The zero-order valence-electron chi connectivity index (χ0n) is 16.9. The first-order valence-electron chi connectivity index (χ1n) is 10.4. The van der Waals surface area contributed by atoms with E-state index in [2.05, 4.69) is 52.2 Å². The molecule has 3 rings (SSSR count). The van der Waals surface area contributed by atoms with Crippen molar-refractivity contribution in [1.82, 2.24) is 9.97 Å². The van der Waals surface area contributed by atoms with E-state index in [0.29, 0.717) is 0 Å². The number of benzene rings is 1. The van der Waals surface area contributed by atoms with Crippen molar-refractivity contribution in [2.75, 3.05) is 0 Å². The highest BCUT2D eigenvalue weighted by Gasteiger charge is 2.14. The molecule has 0 fully saturated rings. The minimum atomic E-state index is 1.09. The van der Waals surface area contributed by atoms with Crippen molar-refractivity contribution >= 4 is 21.8 Å². The summed E-state index contributed by atoms with van der Waals surface area (Å²) in [6, 6.07) is 4.62. The molecular formula is C24H32N2. The molecule has 2 aromatic heterocycles. The quantitative estimate of drug-likeness (QED) is 0.429. The van der Waals surface area contributed by atoms with Gasteiger partial charge in [-0.15, -0.1) is 0 Å². The second-order valence-electron chi connectivity index (χ2n) is 7.38. The number of hydrogen-bond donors (Lipinski definition) is 0. The van der Waals surface area contributed by atoms with Crippen LogP contribution in [0.1, 0.15) is 75.6 Å². The Labute approximate surface area is 158 Å². The minimum Gasteiger partial charge on any atom is -0.254 e. The number of fused-ring (bicyclic) bond motifs is 3. The molecule has 138 valence electrons. The summed E-state index contributed by atoms with van der Waals surface area (Å²) < 4.78 is 0. The van der Waals surface area contributed by atoms with E-state index in [-0.39, 0.29) is 0 Å². The first-order chi connectivity index (χ1) is 12.7. The monoisotopic (exact) mass is 348 g/mol. The molecule has 0 spiro atoms. The van der Waals surface area contributed by atoms with Gasteiger partial charge in [-0.05, 0) is 47.9 Å². The Bertz CT molecular complexity index is 821. The van der Waals surface area contributed by atoms with Crippen molar-refractivity contribution in [2.45, 2.75) is 79.1 Å². The highest BCUT2D eigenvalue weighted by Crippen LogP contribution is 2.31. The smallest absolute Gasteiger partial charge is 0.0967 e. The highest BCUT2D eigenvalue weighted by atomic mass is 14.7. The van der Waals surface area contributed by atoms with Crippen molar-refractivity contribution in [3.63, 3.8) is 0 Å². The third kappa shape index (κ3) is 3.47. The molecule has 0 N–H and O–H groups in total. The van der Waals surface area contributed by atoms with Gasteiger partial charge in [-0.25, -0.2) is 0 Å². The van der Waals surface area contributed by atoms with E-state index >= 15 is 0 Å². The Morgan fingerprint density at radius 1 is 0.577 bits per heavy atom. The van der Waals surface area contributed by atoms with Crippen LogP contribution in [-0.2, 0) is 25.7 Å².